The van der Waals surface area contributed by atoms with Gasteiger partial charge in [-0.3, -0.25) is 0 Å². The molecule has 2 heteroatoms. The Hall–Kier alpha value is -1.15. The quantitative estimate of drug-likeness (QED) is 0.763. The van der Waals surface area contributed by atoms with Crippen LogP contribution >= 0.6 is 11.9 Å². The second-order valence-electron chi connectivity index (χ2n) is 3.84. The molecule has 0 unspecified atom stereocenters. The van der Waals surface area contributed by atoms with Crippen molar-refractivity contribution in [3.05, 3.63) is 53.0 Å². The molecule has 2 rings (SSSR count). The number of hydrogen-bond acceptors (Lipinski definition) is 2. The Balaban J connectivity index is 1.89. The monoisotopic (exact) mass is 231 g/mol. The van der Waals surface area contributed by atoms with Crippen molar-refractivity contribution >= 4 is 17.6 Å². The fourth-order valence-corrected chi connectivity index (χ4v) is 2.33. The molecule has 1 aliphatic carbocycles. The maximum absolute atomic E-state index is 3.36. The van der Waals surface area contributed by atoms with Crippen molar-refractivity contribution in [2.45, 2.75) is 26.2 Å². The Morgan fingerprint density at radius 2 is 2.00 bits per heavy atom. The zero-order valence-electron chi connectivity index (χ0n) is 9.57. The lowest BCUT2D eigenvalue weighted by Gasteiger charge is -2.08. The average Bonchev–Trinajstić information content (AvgIpc) is 2.38. The van der Waals surface area contributed by atoms with Gasteiger partial charge in [-0.05, 0) is 48.9 Å². The Kier molecular flexibility index (Phi) is 4.11. The van der Waals surface area contributed by atoms with Gasteiger partial charge in [-0.15, -0.1) is 0 Å². The number of hydrogen-bond donors (Lipinski definition) is 1. The van der Waals surface area contributed by atoms with Crippen LogP contribution < -0.4 is 4.72 Å². The summed E-state index contributed by atoms with van der Waals surface area (Å²) in [5.74, 6) is 0. The minimum atomic E-state index is 1.10. The van der Waals surface area contributed by atoms with Gasteiger partial charge in [0, 0.05) is 10.6 Å². The zero-order valence-corrected chi connectivity index (χ0v) is 10.4. The largest absolute Gasteiger partial charge is 0.326 e. The zero-order chi connectivity index (χ0) is 11.2. The van der Waals surface area contributed by atoms with Crippen LogP contribution in [0.1, 0.15) is 25.3 Å². The van der Waals surface area contributed by atoms with Crippen LogP contribution in [0, 0.1) is 0 Å². The molecular weight excluding hydrogens is 214 g/mol. The first-order valence-electron chi connectivity index (χ1n) is 5.77. The third-order valence-corrected chi connectivity index (χ3v) is 3.49. The number of allylic oxidation sites excluding steroid dienone is 3. The van der Waals surface area contributed by atoms with Crippen LogP contribution in [0.2, 0.25) is 0 Å². The molecule has 0 saturated carbocycles. The topological polar surface area (TPSA) is 12.0 Å². The van der Waals surface area contributed by atoms with Crippen LogP contribution in [0.4, 0.5) is 5.69 Å². The minimum Gasteiger partial charge on any atom is -0.326 e. The van der Waals surface area contributed by atoms with E-state index in [9.17, 15) is 0 Å². The van der Waals surface area contributed by atoms with Crippen LogP contribution in [-0.4, -0.2) is 0 Å². The second-order valence-corrected chi connectivity index (χ2v) is 4.72. The summed E-state index contributed by atoms with van der Waals surface area (Å²) in [5.41, 5.74) is 2.55. The molecule has 0 bridgehead atoms. The molecule has 0 radical (unpaired) electrons. The molecule has 0 atom stereocenters. The standard InChI is InChI=1S/C14H17NS/c1-2-12-8-10-13(11-9-12)15-16-14-6-4-3-5-7-14/h4,6-11,15H,2-3,5H2,1H3. The van der Waals surface area contributed by atoms with Crippen molar-refractivity contribution in [1.82, 2.24) is 0 Å². The maximum atomic E-state index is 3.36. The van der Waals surface area contributed by atoms with E-state index in [1.807, 2.05) is 0 Å². The first kappa shape index (κ1) is 11.3. The van der Waals surface area contributed by atoms with Crippen molar-refractivity contribution in [2.24, 2.45) is 0 Å². The molecule has 0 fully saturated rings. The highest BCUT2D eigenvalue weighted by Gasteiger charge is 1.98. The average molecular weight is 231 g/mol. The van der Waals surface area contributed by atoms with E-state index >= 15 is 0 Å². The summed E-state index contributed by atoms with van der Waals surface area (Å²) in [7, 11) is 0. The molecule has 16 heavy (non-hydrogen) atoms. The fourth-order valence-electron chi connectivity index (χ4n) is 1.59. The molecule has 1 aromatic rings. The fraction of sp³-hybridized carbons (Fsp3) is 0.286. The lowest BCUT2D eigenvalue weighted by molar-refractivity contribution is 1.03. The van der Waals surface area contributed by atoms with Gasteiger partial charge in [-0.2, -0.15) is 0 Å². The predicted molar refractivity (Wildman–Crippen MR) is 73.5 cm³/mol. The lowest BCUT2D eigenvalue weighted by atomic mass is 10.2. The molecule has 0 aliphatic heterocycles. The summed E-state index contributed by atoms with van der Waals surface area (Å²) < 4.78 is 3.36. The molecule has 0 aromatic heterocycles. The molecule has 0 saturated heterocycles. The SMILES string of the molecule is CCc1ccc(NSC2=CCCC=C2)cc1. The summed E-state index contributed by atoms with van der Waals surface area (Å²) >= 11 is 1.69. The highest BCUT2D eigenvalue weighted by Crippen LogP contribution is 2.24. The van der Waals surface area contributed by atoms with Crippen molar-refractivity contribution in [3.8, 4) is 0 Å². The van der Waals surface area contributed by atoms with E-state index in [0.717, 1.165) is 12.8 Å². The van der Waals surface area contributed by atoms with Gasteiger partial charge in [-0.1, -0.05) is 37.3 Å². The maximum Gasteiger partial charge on any atom is 0.0443 e. The van der Waals surface area contributed by atoms with E-state index in [4.69, 9.17) is 0 Å². The number of nitrogens with one attached hydrogen (secondary N) is 1. The summed E-state index contributed by atoms with van der Waals surface area (Å²) in [6, 6.07) is 8.62. The third kappa shape index (κ3) is 3.17. The minimum absolute atomic E-state index is 1.10. The normalized spacial score (nSPS) is 14.7. The van der Waals surface area contributed by atoms with E-state index in [2.05, 4.69) is 54.1 Å². The van der Waals surface area contributed by atoms with Gasteiger partial charge in [0.25, 0.3) is 0 Å². The van der Waals surface area contributed by atoms with Crippen molar-refractivity contribution in [2.75, 3.05) is 4.72 Å². The van der Waals surface area contributed by atoms with Gasteiger partial charge in [0.05, 0.1) is 0 Å². The Bertz CT molecular complexity index is 390. The molecule has 1 nitrogen and oxygen atoms in total. The van der Waals surface area contributed by atoms with Gasteiger partial charge >= 0.3 is 0 Å². The first-order valence-corrected chi connectivity index (χ1v) is 6.58. The van der Waals surface area contributed by atoms with E-state index < -0.39 is 0 Å². The van der Waals surface area contributed by atoms with Crippen molar-refractivity contribution in [3.63, 3.8) is 0 Å². The van der Waals surface area contributed by atoms with Gasteiger partial charge in [-0.25, -0.2) is 0 Å². The summed E-state index contributed by atoms with van der Waals surface area (Å²) in [6.07, 6.45) is 10.1. The first-order chi connectivity index (χ1) is 7.88. The van der Waals surface area contributed by atoms with Crippen molar-refractivity contribution in [1.29, 1.82) is 0 Å². The predicted octanol–water partition coefficient (Wildman–Crippen LogP) is 4.54. The molecular formula is C14H17NS. The van der Waals surface area contributed by atoms with Crippen LogP contribution in [0.15, 0.2) is 47.4 Å². The van der Waals surface area contributed by atoms with E-state index in [1.54, 1.807) is 11.9 Å². The second kappa shape index (κ2) is 5.80. The van der Waals surface area contributed by atoms with Crippen molar-refractivity contribution < 1.29 is 0 Å². The molecule has 0 amide bonds. The van der Waals surface area contributed by atoms with E-state index in [-0.39, 0.29) is 0 Å². The van der Waals surface area contributed by atoms with Gasteiger partial charge in [0.1, 0.15) is 0 Å². The van der Waals surface area contributed by atoms with Gasteiger partial charge in [0.2, 0.25) is 0 Å². The number of benzene rings is 1. The molecule has 0 heterocycles. The molecule has 84 valence electrons. The van der Waals surface area contributed by atoms with E-state index in [1.165, 1.54) is 22.6 Å². The number of anilines is 1. The highest BCUT2D eigenvalue weighted by atomic mass is 32.2. The van der Waals surface area contributed by atoms with Crippen LogP contribution in [0.25, 0.3) is 0 Å². The number of rotatable bonds is 4. The van der Waals surface area contributed by atoms with Crippen LogP contribution in [0.5, 0.6) is 0 Å². The Morgan fingerprint density at radius 3 is 2.62 bits per heavy atom. The highest BCUT2D eigenvalue weighted by molar-refractivity contribution is 8.04. The van der Waals surface area contributed by atoms with E-state index in [0.29, 0.717) is 0 Å². The summed E-state index contributed by atoms with van der Waals surface area (Å²) in [6.45, 7) is 2.18. The summed E-state index contributed by atoms with van der Waals surface area (Å²) in [5, 5.41) is 0. The molecule has 1 N–H and O–H groups in total. The third-order valence-electron chi connectivity index (χ3n) is 2.61. The van der Waals surface area contributed by atoms with Gasteiger partial charge < -0.3 is 4.72 Å². The van der Waals surface area contributed by atoms with Crippen LogP contribution in [0.3, 0.4) is 0 Å². The van der Waals surface area contributed by atoms with Crippen LogP contribution in [-0.2, 0) is 6.42 Å². The molecule has 0 spiro atoms. The number of aryl methyl sites for hydroxylation is 1. The van der Waals surface area contributed by atoms with Gasteiger partial charge in [0.15, 0.2) is 0 Å². The Labute approximate surface area is 102 Å². The molecule has 1 aromatic carbocycles. The Morgan fingerprint density at radius 1 is 1.19 bits per heavy atom. The molecule has 1 aliphatic rings. The summed E-state index contributed by atoms with van der Waals surface area (Å²) in [4.78, 5) is 1.31. The smallest absolute Gasteiger partial charge is 0.0443 e. The lowest BCUT2D eigenvalue weighted by Crippen LogP contribution is -1.89.